The first kappa shape index (κ1) is 17.5. The summed E-state index contributed by atoms with van der Waals surface area (Å²) in [5.74, 6) is -0.0436. The van der Waals surface area contributed by atoms with Crippen molar-refractivity contribution in [3.05, 3.63) is 67.9 Å². The van der Waals surface area contributed by atoms with Crippen molar-refractivity contribution in [2.45, 2.75) is 0 Å². The summed E-state index contributed by atoms with van der Waals surface area (Å²) in [6.07, 6.45) is 0. The van der Waals surface area contributed by atoms with E-state index in [-0.39, 0.29) is 11.9 Å². The molecule has 0 saturated heterocycles. The smallest absolute Gasteiger partial charge is 0.258 e. The van der Waals surface area contributed by atoms with Crippen molar-refractivity contribution >= 4 is 67.3 Å². The van der Waals surface area contributed by atoms with E-state index in [0.717, 1.165) is 15.7 Å². The van der Waals surface area contributed by atoms with Crippen molar-refractivity contribution in [1.82, 2.24) is 14.6 Å². The van der Waals surface area contributed by atoms with Gasteiger partial charge in [-0.3, -0.25) is 10.1 Å². The summed E-state index contributed by atoms with van der Waals surface area (Å²) in [4.78, 5) is 17.3. The van der Waals surface area contributed by atoms with Crippen LogP contribution in [0.1, 0.15) is 10.4 Å². The second-order valence-corrected chi connectivity index (χ2v) is 7.93. The molecule has 9 heteroatoms. The van der Waals surface area contributed by atoms with E-state index in [1.54, 1.807) is 40.9 Å². The number of nitrogens with zero attached hydrogens (tertiary/aromatic N) is 3. The molecule has 0 bridgehead atoms. The molecule has 4 aromatic rings. The van der Waals surface area contributed by atoms with Crippen molar-refractivity contribution in [3.8, 4) is 11.3 Å². The molecule has 2 heterocycles. The number of thiazole rings is 1. The highest BCUT2D eigenvalue weighted by atomic mass is 79.9. The Hall–Kier alpha value is -1.93. The Kier molecular flexibility index (Phi) is 4.71. The average Bonchev–Trinajstić information content (AvgIpc) is 3.16. The van der Waals surface area contributed by atoms with E-state index >= 15 is 0 Å². The number of halogens is 3. The molecular weight excluding hydrogens is 459 g/mol. The molecule has 2 aromatic heterocycles. The molecule has 0 aliphatic heterocycles. The van der Waals surface area contributed by atoms with Crippen molar-refractivity contribution in [2.24, 2.45) is 0 Å². The fourth-order valence-electron chi connectivity index (χ4n) is 2.39. The van der Waals surface area contributed by atoms with Crippen LogP contribution >= 0.6 is 50.5 Å². The van der Waals surface area contributed by atoms with Crippen molar-refractivity contribution in [2.75, 3.05) is 5.32 Å². The van der Waals surface area contributed by atoms with Crippen molar-refractivity contribution in [1.29, 1.82) is 0 Å². The van der Waals surface area contributed by atoms with E-state index in [4.69, 9.17) is 23.2 Å². The van der Waals surface area contributed by atoms with Crippen LogP contribution in [-0.2, 0) is 0 Å². The van der Waals surface area contributed by atoms with Crippen LogP contribution < -0.4 is 5.32 Å². The molecule has 0 spiro atoms. The predicted molar refractivity (Wildman–Crippen MR) is 108 cm³/mol. The molecule has 1 N–H and O–H groups in total. The fourth-order valence-corrected chi connectivity index (χ4v) is 3.98. The van der Waals surface area contributed by atoms with Gasteiger partial charge in [-0.15, -0.1) is 16.4 Å². The fraction of sp³-hybridized carbons (Fsp3) is 0. The number of carbonyl (C=O) groups excluding carboxylic acids is 1. The molecule has 5 nitrogen and oxygen atoms in total. The van der Waals surface area contributed by atoms with Gasteiger partial charge in [-0.05, 0) is 42.5 Å². The van der Waals surface area contributed by atoms with Gasteiger partial charge in [0, 0.05) is 26.0 Å². The van der Waals surface area contributed by atoms with Gasteiger partial charge in [0.2, 0.25) is 4.96 Å². The Labute approximate surface area is 170 Å². The lowest BCUT2D eigenvalue weighted by atomic mass is 10.2. The number of anilines is 1. The lowest BCUT2D eigenvalue weighted by molar-refractivity contribution is 0.102. The van der Waals surface area contributed by atoms with E-state index < -0.39 is 0 Å². The predicted octanol–water partition coefficient (Wildman–Crippen LogP) is 5.78. The van der Waals surface area contributed by atoms with E-state index in [9.17, 15) is 4.79 Å². The molecule has 0 radical (unpaired) electrons. The standard InChI is InChI=1S/C17H9BrCl2N4OS/c18-10-3-1-9(2-4-10)15(25)21-16-22-17-24(23-16)14(8-26-17)12-6-5-11(19)7-13(12)20/h1-8H,(H,21,23,25). The van der Waals surface area contributed by atoms with Crippen LogP contribution in [0.5, 0.6) is 0 Å². The Balaban J connectivity index is 1.65. The molecule has 4 rings (SSSR count). The molecule has 0 aliphatic carbocycles. The number of benzene rings is 2. The minimum Gasteiger partial charge on any atom is -0.289 e. The Morgan fingerprint density at radius 2 is 1.92 bits per heavy atom. The third kappa shape index (κ3) is 3.35. The molecule has 26 heavy (non-hydrogen) atoms. The minimum absolute atomic E-state index is 0.233. The lowest BCUT2D eigenvalue weighted by Gasteiger charge is -2.03. The minimum atomic E-state index is -0.276. The Bertz CT molecular complexity index is 1120. The summed E-state index contributed by atoms with van der Waals surface area (Å²) in [5.41, 5.74) is 2.09. The van der Waals surface area contributed by atoms with Crippen LogP contribution in [-0.4, -0.2) is 20.5 Å². The molecular formula is C17H9BrCl2N4OS. The van der Waals surface area contributed by atoms with Crippen LogP contribution in [0.25, 0.3) is 16.2 Å². The largest absolute Gasteiger partial charge is 0.289 e. The molecule has 0 aliphatic rings. The van der Waals surface area contributed by atoms with Gasteiger partial charge >= 0.3 is 0 Å². The topological polar surface area (TPSA) is 59.3 Å². The summed E-state index contributed by atoms with van der Waals surface area (Å²) in [5, 5.41) is 10.1. The van der Waals surface area contributed by atoms with E-state index in [2.05, 4.69) is 31.3 Å². The van der Waals surface area contributed by atoms with E-state index in [1.165, 1.54) is 11.3 Å². The first-order valence-corrected chi connectivity index (χ1v) is 9.81. The molecule has 0 saturated carbocycles. The highest BCUT2D eigenvalue weighted by Crippen LogP contribution is 2.33. The Morgan fingerprint density at radius 1 is 1.15 bits per heavy atom. The molecule has 0 atom stereocenters. The van der Waals surface area contributed by atoms with Gasteiger partial charge in [-0.25, -0.2) is 4.52 Å². The van der Waals surface area contributed by atoms with Gasteiger partial charge < -0.3 is 0 Å². The van der Waals surface area contributed by atoms with Crippen LogP contribution in [0.15, 0.2) is 52.3 Å². The number of nitrogens with one attached hydrogen (secondary N) is 1. The third-order valence-electron chi connectivity index (χ3n) is 3.62. The number of fused-ring (bicyclic) bond motifs is 1. The number of amides is 1. The molecule has 2 aromatic carbocycles. The van der Waals surface area contributed by atoms with Crippen LogP contribution in [0.4, 0.5) is 5.95 Å². The summed E-state index contributed by atoms with van der Waals surface area (Å²) in [6, 6.07) is 12.3. The first-order chi connectivity index (χ1) is 12.5. The Morgan fingerprint density at radius 3 is 2.65 bits per heavy atom. The number of rotatable bonds is 3. The number of aromatic nitrogens is 3. The SMILES string of the molecule is O=C(Nc1nc2scc(-c3ccc(Cl)cc3Cl)n2n1)c1ccc(Br)cc1. The van der Waals surface area contributed by atoms with Gasteiger partial charge in [0.1, 0.15) is 0 Å². The first-order valence-electron chi connectivity index (χ1n) is 7.38. The van der Waals surface area contributed by atoms with Gasteiger partial charge in [-0.1, -0.05) is 39.1 Å². The second kappa shape index (κ2) is 7.00. The van der Waals surface area contributed by atoms with Crippen LogP contribution in [0, 0.1) is 0 Å². The van der Waals surface area contributed by atoms with Crippen molar-refractivity contribution in [3.63, 3.8) is 0 Å². The summed E-state index contributed by atoms with van der Waals surface area (Å²) >= 11 is 17.0. The highest BCUT2D eigenvalue weighted by Gasteiger charge is 2.16. The quantitative estimate of drug-likeness (QED) is 0.415. The highest BCUT2D eigenvalue weighted by molar-refractivity contribution is 9.10. The maximum Gasteiger partial charge on any atom is 0.258 e. The number of hydrogen-bond acceptors (Lipinski definition) is 4. The zero-order chi connectivity index (χ0) is 18.3. The normalized spacial score (nSPS) is 11.0. The van der Waals surface area contributed by atoms with Gasteiger partial charge in [0.25, 0.3) is 11.9 Å². The molecule has 1 amide bonds. The summed E-state index contributed by atoms with van der Waals surface area (Å²) < 4.78 is 2.55. The second-order valence-electron chi connectivity index (χ2n) is 5.34. The number of carbonyl (C=O) groups is 1. The molecule has 0 fully saturated rings. The average molecular weight is 468 g/mol. The zero-order valence-corrected chi connectivity index (χ0v) is 16.8. The zero-order valence-electron chi connectivity index (χ0n) is 12.9. The summed E-state index contributed by atoms with van der Waals surface area (Å²) in [6.45, 7) is 0. The lowest BCUT2D eigenvalue weighted by Crippen LogP contribution is -2.13. The van der Waals surface area contributed by atoms with Crippen molar-refractivity contribution < 1.29 is 4.79 Å². The van der Waals surface area contributed by atoms with Gasteiger partial charge in [0.15, 0.2) is 0 Å². The van der Waals surface area contributed by atoms with E-state index in [0.29, 0.717) is 20.6 Å². The van der Waals surface area contributed by atoms with Gasteiger partial charge in [0.05, 0.1) is 10.7 Å². The van der Waals surface area contributed by atoms with Crippen LogP contribution in [0.3, 0.4) is 0 Å². The monoisotopic (exact) mass is 466 g/mol. The maximum absolute atomic E-state index is 12.3. The van der Waals surface area contributed by atoms with Gasteiger partial charge in [-0.2, -0.15) is 4.98 Å². The number of hydrogen-bond donors (Lipinski definition) is 1. The summed E-state index contributed by atoms with van der Waals surface area (Å²) in [7, 11) is 0. The van der Waals surface area contributed by atoms with Crippen LogP contribution in [0.2, 0.25) is 10.0 Å². The van der Waals surface area contributed by atoms with E-state index in [1.807, 2.05) is 11.4 Å². The molecule has 130 valence electrons. The molecule has 0 unspecified atom stereocenters. The third-order valence-corrected chi connectivity index (χ3v) is 5.51. The maximum atomic E-state index is 12.3.